The van der Waals surface area contributed by atoms with Gasteiger partial charge in [-0.1, -0.05) is 41.9 Å². The average Bonchev–Trinajstić information content (AvgIpc) is 2.33. The quantitative estimate of drug-likeness (QED) is 0.889. The molecule has 18 heavy (non-hydrogen) atoms. The Kier molecular flexibility index (Phi) is 4.00. The first-order valence-electron chi connectivity index (χ1n) is 5.83. The van der Waals surface area contributed by atoms with Gasteiger partial charge >= 0.3 is 0 Å². The van der Waals surface area contributed by atoms with Crippen LogP contribution in [-0.4, -0.2) is 0 Å². The molecule has 2 rings (SSSR count). The molecule has 0 saturated heterocycles. The summed E-state index contributed by atoms with van der Waals surface area (Å²) in [4.78, 5) is 0. The Balaban J connectivity index is 2.21. The SMILES string of the molecule is Cc1ccc(CC(N)c2ccccc2F)c(Cl)c1. The van der Waals surface area contributed by atoms with Crippen molar-refractivity contribution in [1.29, 1.82) is 0 Å². The summed E-state index contributed by atoms with van der Waals surface area (Å²) in [6, 6.07) is 12.0. The summed E-state index contributed by atoms with van der Waals surface area (Å²) < 4.78 is 13.6. The summed E-state index contributed by atoms with van der Waals surface area (Å²) in [6.45, 7) is 1.98. The summed E-state index contributed by atoms with van der Waals surface area (Å²) in [5.74, 6) is -0.270. The van der Waals surface area contributed by atoms with Crippen LogP contribution in [0.3, 0.4) is 0 Å². The Hall–Kier alpha value is -1.38. The predicted molar refractivity (Wildman–Crippen MR) is 73.2 cm³/mol. The normalized spacial score (nSPS) is 12.4. The maximum atomic E-state index is 13.6. The molecule has 2 aromatic carbocycles. The van der Waals surface area contributed by atoms with Gasteiger partial charge in [-0.05, 0) is 36.6 Å². The fourth-order valence-electron chi connectivity index (χ4n) is 1.94. The first kappa shape index (κ1) is 13.1. The molecule has 94 valence electrons. The molecular formula is C15H15ClFN. The Labute approximate surface area is 111 Å². The number of aryl methyl sites for hydroxylation is 1. The monoisotopic (exact) mass is 263 g/mol. The van der Waals surface area contributed by atoms with Gasteiger partial charge in [0.15, 0.2) is 0 Å². The van der Waals surface area contributed by atoms with E-state index in [0.29, 0.717) is 17.0 Å². The van der Waals surface area contributed by atoms with Gasteiger partial charge in [-0.2, -0.15) is 0 Å². The van der Waals surface area contributed by atoms with Gasteiger partial charge in [0.1, 0.15) is 5.82 Å². The first-order valence-corrected chi connectivity index (χ1v) is 6.21. The van der Waals surface area contributed by atoms with Crippen molar-refractivity contribution in [3.05, 3.63) is 70.0 Å². The highest BCUT2D eigenvalue weighted by atomic mass is 35.5. The molecule has 0 aliphatic heterocycles. The van der Waals surface area contributed by atoms with Crippen molar-refractivity contribution in [3.8, 4) is 0 Å². The molecule has 0 fully saturated rings. The minimum absolute atomic E-state index is 0.270. The Bertz CT molecular complexity index is 554. The Morgan fingerprint density at radius 3 is 2.61 bits per heavy atom. The highest BCUT2D eigenvalue weighted by molar-refractivity contribution is 6.31. The minimum Gasteiger partial charge on any atom is -0.324 e. The third-order valence-corrected chi connectivity index (χ3v) is 3.30. The molecule has 0 aliphatic carbocycles. The zero-order valence-corrected chi connectivity index (χ0v) is 10.9. The number of rotatable bonds is 3. The summed E-state index contributed by atoms with van der Waals surface area (Å²) in [7, 11) is 0. The third kappa shape index (κ3) is 2.89. The van der Waals surface area contributed by atoms with E-state index in [4.69, 9.17) is 17.3 Å². The second-order valence-electron chi connectivity index (χ2n) is 4.43. The van der Waals surface area contributed by atoms with Crippen molar-refractivity contribution in [3.63, 3.8) is 0 Å². The van der Waals surface area contributed by atoms with E-state index in [-0.39, 0.29) is 11.9 Å². The van der Waals surface area contributed by atoms with Gasteiger partial charge in [0.05, 0.1) is 0 Å². The van der Waals surface area contributed by atoms with Crippen molar-refractivity contribution in [2.24, 2.45) is 5.73 Å². The molecule has 2 N–H and O–H groups in total. The number of halogens is 2. The number of nitrogens with two attached hydrogens (primary N) is 1. The van der Waals surface area contributed by atoms with Crippen LogP contribution in [0.15, 0.2) is 42.5 Å². The van der Waals surface area contributed by atoms with E-state index in [0.717, 1.165) is 11.1 Å². The largest absolute Gasteiger partial charge is 0.324 e. The van der Waals surface area contributed by atoms with Crippen LogP contribution in [0.1, 0.15) is 22.7 Å². The fourth-order valence-corrected chi connectivity index (χ4v) is 2.25. The number of hydrogen-bond donors (Lipinski definition) is 1. The molecule has 0 aromatic heterocycles. The molecule has 0 amide bonds. The zero-order chi connectivity index (χ0) is 13.1. The van der Waals surface area contributed by atoms with Crippen molar-refractivity contribution in [2.45, 2.75) is 19.4 Å². The van der Waals surface area contributed by atoms with Crippen LogP contribution in [0, 0.1) is 12.7 Å². The van der Waals surface area contributed by atoms with Crippen LogP contribution in [0.4, 0.5) is 4.39 Å². The first-order chi connectivity index (χ1) is 8.58. The lowest BCUT2D eigenvalue weighted by Crippen LogP contribution is -2.15. The zero-order valence-electron chi connectivity index (χ0n) is 10.2. The summed E-state index contributed by atoms with van der Waals surface area (Å²) >= 11 is 6.15. The van der Waals surface area contributed by atoms with Crippen LogP contribution < -0.4 is 5.73 Å². The molecule has 2 aromatic rings. The maximum absolute atomic E-state index is 13.6. The standard InChI is InChI=1S/C15H15ClFN/c1-10-6-7-11(13(16)8-10)9-15(18)12-4-2-3-5-14(12)17/h2-8,15H,9,18H2,1H3. The molecular weight excluding hydrogens is 249 g/mol. The Morgan fingerprint density at radius 2 is 1.94 bits per heavy atom. The summed E-state index contributed by atoms with van der Waals surface area (Å²) in [5, 5.41) is 0.682. The predicted octanol–water partition coefficient (Wildman–Crippen LogP) is 4.03. The van der Waals surface area contributed by atoms with E-state index in [9.17, 15) is 4.39 Å². The van der Waals surface area contributed by atoms with Gasteiger partial charge in [-0.15, -0.1) is 0 Å². The number of benzene rings is 2. The van der Waals surface area contributed by atoms with Crippen molar-refractivity contribution in [2.75, 3.05) is 0 Å². The van der Waals surface area contributed by atoms with E-state index >= 15 is 0 Å². The van der Waals surface area contributed by atoms with Crippen molar-refractivity contribution in [1.82, 2.24) is 0 Å². The molecule has 0 aliphatic rings. The van der Waals surface area contributed by atoms with Crippen molar-refractivity contribution < 1.29 is 4.39 Å². The Morgan fingerprint density at radius 1 is 1.22 bits per heavy atom. The highest BCUT2D eigenvalue weighted by Gasteiger charge is 2.13. The summed E-state index contributed by atoms with van der Waals surface area (Å²) in [5.41, 5.74) is 8.60. The van der Waals surface area contributed by atoms with E-state index in [1.165, 1.54) is 6.07 Å². The topological polar surface area (TPSA) is 26.0 Å². The molecule has 1 atom stereocenters. The fraction of sp³-hybridized carbons (Fsp3) is 0.200. The molecule has 0 radical (unpaired) electrons. The highest BCUT2D eigenvalue weighted by Crippen LogP contribution is 2.24. The average molecular weight is 264 g/mol. The van der Waals surface area contributed by atoms with Crippen molar-refractivity contribution >= 4 is 11.6 Å². The lowest BCUT2D eigenvalue weighted by Gasteiger charge is -2.14. The van der Waals surface area contributed by atoms with E-state index in [1.54, 1.807) is 18.2 Å². The molecule has 0 spiro atoms. The van der Waals surface area contributed by atoms with E-state index in [1.807, 2.05) is 25.1 Å². The molecule has 3 heteroatoms. The molecule has 0 bridgehead atoms. The maximum Gasteiger partial charge on any atom is 0.127 e. The van der Waals surface area contributed by atoms with Gasteiger partial charge in [0, 0.05) is 16.6 Å². The van der Waals surface area contributed by atoms with E-state index in [2.05, 4.69) is 0 Å². The second-order valence-corrected chi connectivity index (χ2v) is 4.83. The third-order valence-electron chi connectivity index (χ3n) is 2.95. The molecule has 0 heterocycles. The smallest absolute Gasteiger partial charge is 0.127 e. The van der Waals surface area contributed by atoms with Gasteiger partial charge in [0.25, 0.3) is 0 Å². The van der Waals surface area contributed by atoms with Gasteiger partial charge < -0.3 is 5.73 Å². The van der Waals surface area contributed by atoms with E-state index < -0.39 is 0 Å². The van der Waals surface area contributed by atoms with Crippen LogP contribution in [0.5, 0.6) is 0 Å². The number of hydrogen-bond acceptors (Lipinski definition) is 1. The van der Waals surface area contributed by atoms with Crippen LogP contribution in [0.2, 0.25) is 5.02 Å². The minimum atomic E-state index is -0.383. The summed E-state index contributed by atoms with van der Waals surface area (Å²) in [6.07, 6.45) is 0.528. The van der Waals surface area contributed by atoms with Crippen LogP contribution in [0.25, 0.3) is 0 Å². The van der Waals surface area contributed by atoms with Crippen LogP contribution in [-0.2, 0) is 6.42 Å². The van der Waals surface area contributed by atoms with Gasteiger partial charge in [-0.25, -0.2) is 4.39 Å². The molecule has 1 nitrogen and oxygen atoms in total. The lowest BCUT2D eigenvalue weighted by molar-refractivity contribution is 0.580. The molecule has 0 saturated carbocycles. The second kappa shape index (κ2) is 5.51. The molecule has 1 unspecified atom stereocenters. The lowest BCUT2D eigenvalue weighted by atomic mass is 9.98. The van der Waals surface area contributed by atoms with Gasteiger partial charge in [0.2, 0.25) is 0 Å². The van der Waals surface area contributed by atoms with Crippen LogP contribution >= 0.6 is 11.6 Å². The van der Waals surface area contributed by atoms with Gasteiger partial charge in [-0.3, -0.25) is 0 Å².